The van der Waals surface area contributed by atoms with E-state index in [1.54, 1.807) is 37.4 Å². The van der Waals surface area contributed by atoms with Gasteiger partial charge in [-0.2, -0.15) is 4.31 Å². The van der Waals surface area contributed by atoms with Crippen molar-refractivity contribution in [2.45, 2.75) is 17.7 Å². The Morgan fingerprint density at radius 2 is 1.82 bits per heavy atom. The standard InChI is InChI=1S/C22H26ClN3O6S/c1-31-18-7-4-16(5-8-18)22(28)24-10-2-3-21(27)25-17-6-9-19(23)20(15-17)33(29,30)26-11-13-32-14-12-26/h4-9,15H,2-3,10-14H2,1H3,(H,24,28)(H,25,27). The lowest BCUT2D eigenvalue weighted by Crippen LogP contribution is -2.40. The summed E-state index contributed by atoms with van der Waals surface area (Å²) in [6.45, 7) is 1.45. The summed E-state index contributed by atoms with van der Waals surface area (Å²) in [5.41, 5.74) is 0.828. The van der Waals surface area contributed by atoms with Crippen LogP contribution in [0.5, 0.6) is 5.75 Å². The largest absolute Gasteiger partial charge is 0.497 e. The molecule has 0 aromatic heterocycles. The first-order valence-electron chi connectivity index (χ1n) is 10.4. The van der Waals surface area contributed by atoms with Gasteiger partial charge in [0.2, 0.25) is 15.9 Å². The van der Waals surface area contributed by atoms with E-state index in [-0.39, 0.29) is 41.2 Å². The third-order valence-electron chi connectivity index (χ3n) is 5.02. The maximum Gasteiger partial charge on any atom is 0.251 e. The first-order valence-corrected chi connectivity index (χ1v) is 12.2. The van der Waals surface area contributed by atoms with E-state index in [1.807, 2.05) is 0 Å². The average molecular weight is 496 g/mol. The molecule has 2 amide bonds. The third-order valence-corrected chi connectivity index (χ3v) is 7.40. The predicted molar refractivity (Wildman–Crippen MR) is 124 cm³/mol. The molecule has 1 aliphatic rings. The molecule has 2 aromatic rings. The minimum Gasteiger partial charge on any atom is -0.497 e. The molecule has 1 heterocycles. The van der Waals surface area contributed by atoms with Gasteiger partial charge in [0.15, 0.2) is 0 Å². The van der Waals surface area contributed by atoms with Crippen LogP contribution < -0.4 is 15.4 Å². The van der Waals surface area contributed by atoms with Crippen LogP contribution >= 0.6 is 11.6 Å². The molecule has 2 aromatic carbocycles. The Hall–Kier alpha value is -2.66. The number of carbonyl (C=O) groups excluding carboxylic acids is 2. The molecule has 1 fully saturated rings. The van der Waals surface area contributed by atoms with Gasteiger partial charge in [0.1, 0.15) is 10.6 Å². The number of benzene rings is 2. The Morgan fingerprint density at radius 3 is 2.48 bits per heavy atom. The van der Waals surface area contributed by atoms with Gasteiger partial charge in [-0.3, -0.25) is 9.59 Å². The number of carbonyl (C=O) groups is 2. The monoisotopic (exact) mass is 495 g/mol. The van der Waals surface area contributed by atoms with Gasteiger partial charge >= 0.3 is 0 Å². The quantitative estimate of drug-likeness (QED) is 0.517. The lowest BCUT2D eigenvalue weighted by atomic mass is 10.2. The number of amides is 2. The molecule has 3 rings (SSSR count). The van der Waals surface area contributed by atoms with Gasteiger partial charge in [0.05, 0.1) is 25.3 Å². The second kappa shape index (κ2) is 11.5. The predicted octanol–water partition coefficient (Wildman–Crippen LogP) is 2.52. The van der Waals surface area contributed by atoms with E-state index in [9.17, 15) is 18.0 Å². The molecule has 0 saturated carbocycles. The molecule has 33 heavy (non-hydrogen) atoms. The lowest BCUT2D eigenvalue weighted by molar-refractivity contribution is -0.116. The normalized spacial score (nSPS) is 14.5. The van der Waals surface area contributed by atoms with Gasteiger partial charge < -0.3 is 20.1 Å². The molecule has 2 N–H and O–H groups in total. The first-order chi connectivity index (χ1) is 15.8. The molecule has 0 radical (unpaired) electrons. The molecule has 178 valence electrons. The van der Waals surface area contributed by atoms with Crippen molar-refractivity contribution in [2.75, 3.05) is 45.3 Å². The van der Waals surface area contributed by atoms with Gasteiger partial charge in [0, 0.05) is 37.3 Å². The Labute approximate surface area is 198 Å². The number of nitrogens with zero attached hydrogens (tertiary/aromatic N) is 1. The van der Waals surface area contributed by atoms with Crippen molar-refractivity contribution >= 4 is 39.1 Å². The van der Waals surface area contributed by atoms with Crippen LogP contribution in [-0.4, -0.2) is 64.5 Å². The number of morpholine rings is 1. The highest BCUT2D eigenvalue weighted by atomic mass is 35.5. The Balaban J connectivity index is 1.51. The molecule has 9 nitrogen and oxygen atoms in total. The van der Waals surface area contributed by atoms with E-state index >= 15 is 0 Å². The zero-order valence-corrected chi connectivity index (χ0v) is 19.7. The van der Waals surface area contributed by atoms with E-state index < -0.39 is 10.0 Å². The smallest absolute Gasteiger partial charge is 0.251 e. The number of ether oxygens (including phenoxy) is 2. The fraction of sp³-hybridized carbons (Fsp3) is 0.364. The van der Waals surface area contributed by atoms with Crippen molar-refractivity contribution in [3.8, 4) is 5.75 Å². The number of anilines is 1. The van der Waals surface area contributed by atoms with E-state index in [0.717, 1.165) is 0 Å². The van der Waals surface area contributed by atoms with E-state index in [0.29, 0.717) is 43.2 Å². The number of methoxy groups -OCH3 is 1. The molecule has 1 aliphatic heterocycles. The SMILES string of the molecule is COc1ccc(C(=O)NCCCC(=O)Nc2ccc(Cl)c(S(=O)(=O)N3CCOCC3)c2)cc1. The van der Waals surface area contributed by atoms with Crippen molar-refractivity contribution in [2.24, 2.45) is 0 Å². The minimum absolute atomic E-state index is 0.0596. The van der Waals surface area contributed by atoms with Gasteiger partial charge in [-0.15, -0.1) is 0 Å². The molecule has 0 unspecified atom stereocenters. The summed E-state index contributed by atoms with van der Waals surface area (Å²) in [6.07, 6.45) is 0.567. The summed E-state index contributed by atoms with van der Waals surface area (Å²) in [6, 6.07) is 11.1. The molecule has 11 heteroatoms. The van der Waals surface area contributed by atoms with Crippen LogP contribution in [0, 0.1) is 0 Å². The molecule has 0 aliphatic carbocycles. The molecular weight excluding hydrogens is 470 g/mol. The summed E-state index contributed by atoms with van der Waals surface area (Å²) in [5.74, 6) is 0.116. The molecule has 0 bridgehead atoms. The van der Waals surface area contributed by atoms with Crippen molar-refractivity contribution < 1.29 is 27.5 Å². The van der Waals surface area contributed by atoms with Gasteiger partial charge in [0.25, 0.3) is 5.91 Å². The summed E-state index contributed by atoms with van der Waals surface area (Å²) < 4.78 is 37.4. The van der Waals surface area contributed by atoms with Gasteiger partial charge in [-0.25, -0.2) is 8.42 Å². The van der Waals surface area contributed by atoms with Gasteiger partial charge in [-0.1, -0.05) is 11.6 Å². The number of hydrogen-bond donors (Lipinski definition) is 2. The van der Waals surface area contributed by atoms with E-state index in [2.05, 4.69) is 10.6 Å². The van der Waals surface area contributed by atoms with Crippen LogP contribution in [0.15, 0.2) is 47.4 Å². The average Bonchev–Trinajstić information content (AvgIpc) is 2.83. The molecular formula is C22H26ClN3O6S. The summed E-state index contributed by atoms with van der Waals surface area (Å²) >= 11 is 6.14. The highest BCUT2D eigenvalue weighted by Crippen LogP contribution is 2.28. The first kappa shape index (κ1) is 25.0. The zero-order chi connectivity index (χ0) is 23.8. The van der Waals surface area contributed by atoms with E-state index in [4.69, 9.17) is 21.1 Å². The summed E-state index contributed by atoms with van der Waals surface area (Å²) in [5, 5.41) is 5.53. The third kappa shape index (κ3) is 6.67. The van der Waals surface area contributed by atoms with Crippen molar-refractivity contribution in [3.63, 3.8) is 0 Å². The number of sulfonamides is 1. The van der Waals surface area contributed by atoms with Crippen molar-refractivity contribution in [1.82, 2.24) is 9.62 Å². The second-order valence-corrected chi connectivity index (χ2v) is 9.61. The zero-order valence-electron chi connectivity index (χ0n) is 18.2. The van der Waals surface area contributed by atoms with Crippen molar-refractivity contribution in [1.29, 1.82) is 0 Å². The Morgan fingerprint density at radius 1 is 1.12 bits per heavy atom. The summed E-state index contributed by atoms with van der Waals surface area (Å²) in [4.78, 5) is 24.4. The lowest BCUT2D eigenvalue weighted by Gasteiger charge is -2.26. The number of rotatable bonds is 9. The van der Waals surface area contributed by atoms with Crippen LogP contribution in [0.3, 0.4) is 0 Å². The van der Waals surface area contributed by atoms with Crippen LogP contribution in [0.4, 0.5) is 5.69 Å². The minimum atomic E-state index is -3.80. The highest BCUT2D eigenvalue weighted by Gasteiger charge is 2.28. The molecule has 0 spiro atoms. The van der Waals surface area contributed by atoms with Crippen LogP contribution in [-0.2, 0) is 19.6 Å². The topological polar surface area (TPSA) is 114 Å². The fourth-order valence-corrected chi connectivity index (χ4v) is 5.13. The number of hydrogen-bond acceptors (Lipinski definition) is 6. The van der Waals surface area contributed by atoms with E-state index in [1.165, 1.54) is 16.4 Å². The molecule has 0 atom stereocenters. The Bertz CT molecular complexity index is 1090. The highest BCUT2D eigenvalue weighted by molar-refractivity contribution is 7.89. The fourth-order valence-electron chi connectivity index (χ4n) is 3.22. The molecule has 1 saturated heterocycles. The second-order valence-electron chi connectivity index (χ2n) is 7.30. The van der Waals surface area contributed by atoms with Crippen LogP contribution in [0.25, 0.3) is 0 Å². The van der Waals surface area contributed by atoms with Crippen LogP contribution in [0.1, 0.15) is 23.2 Å². The van der Waals surface area contributed by atoms with Crippen molar-refractivity contribution in [3.05, 3.63) is 53.1 Å². The number of nitrogens with one attached hydrogen (secondary N) is 2. The van der Waals surface area contributed by atoms with Gasteiger partial charge in [-0.05, 0) is 48.9 Å². The Kier molecular flexibility index (Phi) is 8.67. The maximum absolute atomic E-state index is 12.9. The van der Waals surface area contributed by atoms with Crippen LogP contribution in [0.2, 0.25) is 5.02 Å². The number of halogens is 1. The maximum atomic E-state index is 12.9. The summed E-state index contributed by atoms with van der Waals surface area (Å²) in [7, 11) is -2.25.